The normalized spacial score (nSPS) is 12.5. The number of imidazole rings is 1. The molecule has 5 nitrogen and oxygen atoms in total. The first-order chi connectivity index (χ1) is 10.2. The summed E-state index contributed by atoms with van der Waals surface area (Å²) in [5.41, 5.74) is 2.65. The Hall–Kier alpha value is -2.14. The van der Waals surface area contributed by atoms with E-state index in [0.717, 1.165) is 22.6 Å². The highest BCUT2D eigenvalue weighted by atomic mass is 35.5. The van der Waals surface area contributed by atoms with Crippen molar-refractivity contribution < 1.29 is 4.74 Å². The van der Waals surface area contributed by atoms with Crippen LogP contribution >= 0.6 is 11.6 Å². The lowest BCUT2D eigenvalue weighted by molar-refractivity contribution is 0.398. The van der Waals surface area contributed by atoms with E-state index >= 15 is 0 Å². The fraction of sp³-hybridized carbons (Fsp3) is 0.267. The molecule has 1 atom stereocenters. The second kappa shape index (κ2) is 5.69. The Balaban J connectivity index is 2.19. The van der Waals surface area contributed by atoms with Gasteiger partial charge in [-0.05, 0) is 24.6 Å². The first-order valence-electron chi connectivity index (χ1n) is 6.62. The molecule has 0 aromatic carbocycles. The largest absolute Gasteiger partial charge is 0.481 e. The molecule has 0 aliphatic rings. The summed E-state index contributed by atoms with van der Waals surface area (Å²) in [6.07, 6.45) is 3.60. The first-order valence-corrected chi connectivity index (χ1v) is 7.15. The summed E-state index contributed by atoms with van der Waals surface area (Å²) >= 11 is 6.05. The van der Waals surface area contributed by atoms with Gasteiger partial charge in [0.05, 0.1) is 19.0 Å². The Bertz CT molecular complexity index is 757. The number of fused-ring (bicyclic) bond motifs is 1. The Kier molecular flexibility index (Phi) is 3.75. The first kappa shape index (κ1) is 13.8. The molecule has 0 bridgehead atoms. The van der Waals surface area contributed by atoms with Crippen molar-refractivity contribution in [3.05, 3.63) is 48.0 Å². The third-order valence-corrected chi connectivity index (χ3v) is 3.71. The van der Waals surface area contributed by atoms with Crippen molar-refractivity contribution in [2.45, 2.75) is 18.8 Å². The van der Waals surface area contributed by atoms with Crippen molar-refractivity contribution in [3.63, 3.8) is 0 Å². The van der Waals surface area contributed by atoms with Crippen molar-refractivity contribution in [2.75, 3.05) is 7.11 Å². The van der Waals surface area contributed by atoms with Gasteiger partial charge in [-0.25, -0.2) is 4.98 Å². The standard InChI is InChI=1S/C15H15ClN4O/c1-10(11-4-3-7-17-9-11)20-13(8-16)18-12-5-6-14(21-2)19-15(12)20/h3-7,9-10H,8H2,1-2H3. The van der Waals surface area contributed by atoms with Crippen LogP contribution in [0.3, 0.4) is 0 Å². The van der Waals surface area contributed by atoms with E-state index in [4.69, 9.17) is 16.3 Å². The van der Waals surface area contributed by atoms with Crippen LogP contribution in [-0.2, 0) is 5.88 Å². The number of hydrogen-bond acceptors (Lipinski definition) is 4. The van der Waals surface area contributed by atoms with Gasteiger partial charge in [-0.15, -0.1) is 11.6 Å². The fourth-order valence-corrected chi connectivity index (χ4v) is 2.58. The highest BCUT2D eigenvalue weighted by Gasteiger charge is 2.18. The molecule has 0 N–H and O–H groups in total. The van der Waals surface area contributed by atoms with Crippen LogP contribution in [0.25, 0.3) is 11.2 Å². The lowest BCUT2D eigenvalue weighted by Crippen LogP contribution is -2.11. The number of hydrogen-bond donors (Lipinski definition) is 0. The molecule has 3 aromatic heterocycles. The van der Waals surface area contributed by atoms with Crippen molar-refractivity contribution in [2.24, 2.45) is 0 Å². The van der Waals surface area contributed by atoms with Gasteiger partial charge < -0.3 is 9.30 Å². The number of ether oxygens (including phenoxy) is 1. The van der Waals surface area contributed by atoms with Crippen LogP contribution in [0.1, 0.15) is 24.4 Å². The van der Waals surface area contributed by atoms with Crippen LogP contribution < -0.4 is 4.74 Å². The van der Waals surface area contributed by atoms with Crippen LogP contribution in [0.2, 0.25) is 0 Å². The minimum Gasteiger partial charge on any atom is -0.481 e. The number of nitrogens with zero attached hydrogens (tertiary/aromatic N) is 4. The van der Waals surface area contributed by atoms with Gasteiger partial charge in [0.1, 0.15) is 11.3 Å². The predicted molar refractivity (Wildman–Crippen MR) is 81.7 cm³/mol. The molecule has 0 amide bonds. The second-order valence-electron chi connectivity index (χ2n) is 4.69. The lowest BCUT2D eigenvalue weighted by Gasteiger charge is -2.16. The monoisotopic (exact) mass is 302 g/mol. The van der Waals surface area contributed by atoms with Crippen LogP contribution in [0, 0.1) is 0 Å². The van der Waals surface area contributed by atoms with Crippen LogP contribution in [0.4, 0.5) is 0 Å². The zero-order valence-electron chi connectivity index (χ0n) is 11.8. The maximum Gasteiger partial charge on any atom is 0.215 e. The van der Waals surface area contributed by atoms with E-state index in [0.29, 0.717) is 11.8 Å². The zero-order valence-corrected chi connectivity index (χ0v) is 12.6. The SMILES string of the molecule is COc1ccc2nc(CCl)n(C(C)c3cccnc3)c2n1. The van der Waals surface area contributed by atoms with E-state index < -0.39 is 0 Å². The highest BCUT2D eigenvalue weighted by Crippen LogP contribution is 2.26. The average Bonchev–Trinajstić information content (AvgIpc) is 2.92. The van der Waals surface area contributed by atoms with Crippen molar-refractivity contribution >= 4 is 22.8 Å². The summed E-state index contributed by atoms with van der Waals surface area (Å²) in [6.45, 7) is 2.08. The molecule has 6 heteroatoms. The summed E-state index contributed by atoms with van der Waals surface area (Å²) in [4.78, 5) is 13.2. The molecule has 0 fully saturated rings. The van der Waals surface area contributed by atoms with E-state index in [2.05, 4.69) is 21.9 Å². The smallest absolute Gasteiger partial charge is 0.215 e. The van der Waals surface area contributed by atoms with Gasteiger partial charge in [0.2, 0.25) is 5.88 Å². The van der Waals surface area contributed by atoms with Gasteiger partial charge in [-0.2, -0.15) is 4.98 Å². The second-order valence-corrected chi connectivity index (χ2v) is 4.96. The van der Waals surface area contributed by atoms with Gasteiger partial charge >= 0.3 is 0 Å². The van der Waals surface area contributed by atoms with E-state index in [-0.39, 0.29) is 6.04 Å². The van der Waals surface area contributed by atoms with E-state index in [9.17, 15) is 0 Å². The van der Waals surface area contributed by atoms with Gasteiger partial charge in [0.15, 0.2) is 5.65 Å². The van der Waals surface area contributed by atoms with Crippen molar-refractivity contribution in [3.8, 4) is 5.88 Å². The number of rotatable bonds is 4. The van der Waals surface area contributed by atoms with E-state index in [1.165, 1.54) is 0 Å². The van der Waals surface area contributed by atoms with E-state index in [1.54, 1.807) is 19.4 Å². The molecule has 108 valence electrons. The molecule has 1 unspecified atom stereocenters. The molecule has 21 heavy (non-hydrogen) atoms. The molecule has 0 aliphatic heterocycles. The highest BCUT2D eigenvalue weighted by molar-refractivity contribution is 6.16. The molecule has 0 spiro atoms. The number of methoxy groups -OCH3 is 1. The fourth-order valence-electron chi connectivity index (χ4n) is 2.39. The molecule has 0 saturated carbocycles. The summed E-state index contributed by atoms with van der Waals surface area (Å²) in [5, 5.41) is 0. The summed E-state index contributed by atoms with van der Waals surface area (Å²) in [7, 11) is 1.60. The van der Waals surface area contributed by atoms with Gasteiger partial charge in [0.25, 0.3) is 0 Å². The van der Waals surface area contributed by atoms with Gasteiger partial charge in [-0.1, -0.05) is 6.07 Å². The maximum atomic E-state index is 6.05. The number of aromatic nitrogens is 4. The zero-order chi connectivity index (χ0) is 14.8. The summed E-state index contributed by atoms with van der Waals surface area (Å²) in [5.74, 6) is 1.66. The third-order valence-electron chi connectivity index (χ3n) is 3.47. The average molecular weight is 303 g/mol. The number of halogens is 1. The quantitative estimate of drug-likeness (QED) is 0.695. The summed E-state index contributed by atoms with van der Waals surface area (Å²) < 4.78 is 7.24. The Morgan fingerprint density at radius 1 is 1.29 bits per heavy atom. The van der Waals surface area contributed by atoms with Crippen molar-refractivity contribution in [1.29, 1.82) is 0 Å². The molecular formula is C15H15ClN4O. The van der Waals surface area contributed by atoms with Gasteiger partial charge in [-0.3, -0.25) is 4.98 Å². The minimum atomic E-state index is 0.0389. The van der Waals surface area contributed by atoms with Crippen LogP contribution in [-0.4, -0.2) is 26.6 Å². The molecule has 0 radical (unpaired) electrons. The maximum absolute atomic E-state index is 6.05. The Morgan fingerprint density at radius 2 is 2.14 bits per heavy atom. The molecular weight excluding hydrogens is 288 g/mol. The Labute approximate surface area is 127 Å². The topological polar surface area (TPSA) is 52.8 Å². The number of alkyl halides is 1. The third kappa shape index (κ3) is 2.45. The minimum absolute atomic E-state index is 0.0389. The molecule has 3 rings (SSSR count). The molecule has 0 saturated heterocycles. The molecule has 3 aromatic rings. The van der Waals surface area contributed by atoms with Crippen LogP contribution in [0.5, 0.6) is 5.88 Å². The Morgan fingerprint density at radius 3 is 2.81 bits per heavy atom. The molecule has 3 heterocycles. The number of pyridine rings is 2. The summed E-state index contributed by atoms with van der Waals surface area (Å²) in [6, 6.07) is 7.67. The molecule has 0 aliphatic carbocycles. The van der Waals surface area contributed by atoms with Crippen LogP contribution in [0.15, 0.2) is 36.7 Å². The lowest BCUT2D eigenvalue weighted by atomic mass is 10.1. The van der Waals surface area contributed by atoms with E-state index in [1.807, 2.05) is 29.0 Å². The van der Waals surface area contributed by atoms with Crippen molar-refractivity contribution in [1.82, 2.24) is 19.5 Å². The predicted octanol–water partition coefficient (Wildman–Crippen LogP) is 3.18. The van der Waals surface area contributed by atoms with Gasteiger partial charge in [0, 0.05) is 18.5 Å².